The van der Waals surface area contributed by atoms with E-state index in [-0.39, 0.29) is 11.0 Å². The van der Waals surface area contributed by atoms with Crippen molar-refractivity contribution in [3.8, 4) is 0 Å². The zero-order chi connectivity index (χ0) is 10.4. The van der Waals surface area contributed by atoms with Gasteiger partial charge < -0.3 is 10.5 Å². The largest absolute Gasteiger partial charge is 0.379 e. The van der Waals surface area contributed by atoms with E-state index in [1.165, 1.54) is 0 Å². The van der Waals surface area contributed by atoms with E-state index in [4.69, 9.17) is 10.5 Å². The van der Waals surface area contributed by atoms with Crippen LogP contribution in [-0.4, -0.2) is 29.2 Å². The fourth-order valence-corrected chi connectivity index (χ4v) is 3.44. The van der Waals surface area contributed by atoms with Gasteiger partial charge in [0.1, 0.15) is 0 Å². The summed E-state index contributed by atoms with van der Waals surface area (Å²) in [6.45, 7) is 7.30. The second-order valence-corrected chi connectivity index (χ2v) is 5.89. The number of amidine groups is 1. The number of hydrogen-bond acceptors (Lipinski definition) is 4. The second kappa shape index (κ2) is 3.14. The van der Waals surface area contributed by atoms with Crippen molar-refractivity contribution in [1.82, 2.24) is 0 Å². The lowest BCUT2D eigenvalue weighted by molar-refractivity contribution is -0.0761. The molecule has 0 spiro atoms. The molecule has 1 fully saturated rings. The molecule has 0 aromatic heterocycles. The Hall–Kier alpha value is -0.220. The van der Waals surface area contributed by atoms with Gasteiger partial charge in [0.15, 0.2) is 5.17 Å². The van der Waals surface area contributed by atoms with Crippen molar-refractivity contribution in [3.05, 3.63) is 0 Å². The zero-order valence-electron chi connectivity index (χ0n) is 9.04. The highest BCUT2D eigenvalue weighted by molar-refractivity contribution is 8.13. The van der Waals surface area contributed by atoms with Crippen molar-refractivity contribution in [1.29, 1.82) is 0 Å². The van der Waals surface area contributed by atoms with Gasteiger partial charge in [-0.05, 0) is 20.3 Å². The molecule has 2 rings (SSSR count). The van der Waals surface area contributed by atoms with E-state index in [9.17, 15) is 0 Å². The molecular weight excluding hydrogens is 196 g/mol. The SMILES string of the molecule is C[C@H]1C[C@@]2(C)CSC(N)=N[C@@]2(C)CO1. The molecule has 0 saturated carbocycles. The summed E-state index contributed by atoms with van der Waals surface area (Å²) in [6.07, 6.45) is 1.43. The van der Waals surface area contributed by atoms with E-state index in [2.05, 4.69) is 25.8 Å². The number of hydrogen-bond donors (Lipinski definition) is 1. The first-order valence-electron chi connectivity index (χ1n) is 5.05. The van der Waals surface area contributed by atoms with Gasteiger partial charge in [0.25, 0.3) is 0 Å². The quantitative estimate of drug-likeness (QED) is 0.666. The standard InChI is InChI=1S/C10H18N2OS/c1-7-4-9(2)6-14-8(11)12-10(9,3)5-13-7/h7H,4-6H2,1-3H3,(H2,11,12)/t7-,9-,10-/m0/s1. The molecule has 0 amide bonds. The van der Waals surface area contributed by atoms with E-state index in [1.807, 2.05) is 0 Å². The lowest BCUT2D eigenvalue weighted by atomic mass is 9.69. The maximum Gasteiger partial charge on any atom is 0.154 e. The number of ether oxygens (including phenoxy) is 1. The fraction of sp³-hybridized carbons (Fsp3) is 0.900. The molecule has 3 nitrogen and oxygen atoms in total. The molecule has 0 bridgehead atoms. The fourth-order valence-electron chi connectivity index (χ4n) is 2.28. The van der Waals surface area contributed by atoms with Crippen LogP contribution in [0.25, 0.3) is 0 Å². The Bertz CT molecular complexity index is 281. The third-order valence-electron chi connectivity index (χ3n) is 3.58. The van der Waals surface area contributed by atoms with E-state index in [0.717, 1.165) is 12.2 Å². The minimum Gasteiger partial charge on any atom is -0.379 e. The molecule has 14 heavy (non-hydrogen) atoms. The maximum absolute atomic E-state index is 5.78. The van der Waals surface area contributed by atoms with Gasteiger partial charge in [0, 0.05) is 11.2 Å². The molecule has 3 atom stereocenters. The highest BCUT2D eigenvalue weighted by atomic mass is 32.2. The van der Waals surface area contributed by atoms with Gasteiger partial charge in [-0.2, -0.15) is 0 Å². The van der Waals surface area contributed by atoms with Crippen molar-refractivity contribution in [2.24, 2.45) is 16.1 Å². The molecule has 80 valence electrons. The Morgan fingerprint density at radius 3 is 3.00 bits per heavy atom. The lowest BCUT2D eigenvalue weighted by Crippen LogP contribution is -2.56. The summed E-state index contributed by atoms with van der Waals surface area (Å²) in [5.41, 5.74) is 5.90. The molecular formula is C10H18N2OS. The van der Waals surface area contributed by atoms with Crippen molar-refractivity contribution in [2.75, 3.05) is 12.4 Å². The van der Waals surface area contributed by atoms with Crippen molar-refractivity contribution < 1.29 is 4.74 Å². The Morgan fingerprint density at radius 2 is 2.29 bits per heavy atom. The molecule has 2 aliphatic heterocycles. The first kappa shape index (κ1) is 10.3. The molecule has 0 aliphatic carbocycles. The van der Waals surface area contributed by atoms with Crippen LogP contribution < -0.4 is 5.73 Å². The molecule has 0 radical (unpaired) electrons. The number of nitrogens with zero attached hydrogens (tertiary/aromatic N) is 1. The first-order chi connectivity index (χ1) is 6.45. The van der Waals surface area contributed by atoms with E-state index >= 15 is 0 Å². The van der Waals surface area contributed by atoms with Gasteiger partial charge in [-0.3, -0.25) is 4.99 Å². The van der Waals surface area contributed by atoms with Crippen LogP contribution >= 0.6 is 11.8 Å². The van der Waals surface area contributed by atoms with Crippen molar-refractivity contribution in [2.45, 2.75) is 38.8 Å². The predicted octanol–water partition coefficient (Wildman–Crippen LogP) is 1.62. The van der Waals surface area contributed by atoms with Gasteiger partial charge in [-0.1, -0.05) is 18.7 Å². The van der Waals surface area contributed by atoms with Crippen LogP contribution in [0.5, 0.6) is 0 Å². The lowest BCUT2D eigenvalue weighted by Gasteiger charge is -2.51. The van der Waals surface area contributed by atoms with Crippen LogP contribution in [0.4, 0.5) is 0 Å². The second-order valence-electron chi connectivity index (χ2n) is 4.90. The van der Waals surface area contributed by atoms with Crippen molar-refractivity contribution >= 4 is 16.9 Å². The first-order valence-corrected chi connectivity index (χ1v) is 6.03. The monoisotopic (exact) mass is 214 g/mol. The summed E-state index contributed by atoms with van der Waals surface area (Å²) in [5.74, 6) is 1.06. The average Bonchev–Trinajstić information content (AvgIpc) is 2.08. The molecule has 2 N–H and O–H groups in total. The number of nitrogens with two attached hydrogens (primary N) is 1. The summed E-state index contributed by atoms with van der Waals surface area (Å²) in [6, 6.07) is 0. The van der Waals surface area contributed by atoms with Crippen LogP contribution in [-0.2, 0) is 4.74 Å². The molecule has 0 unspecified atom stereocenters. The van der Waals surface area contributed by atoms with Gasteiger partial charge in [0.2, 0.25) is 0 Å². The van der Waals surface area contributed by atoms with Crippen molar-refractivity contribution in [3.63, 3.8) is 0 Å². The van der Waals surface area contributed by atoms with Crippen LogP contribution in [0.15, 0.2) is 4.99 Å². The van der Waals surface area contributed by atoms with Crippen LogP contribution in [0, 0.1) is 5.41 Å². The molecule has 0 aromatic carbocycles. The average molecular weight is 214 g/mol. The highest BCUT2D eigenvalue weighted by Crippen LogP contribution is 2.48. The number of aliphatic imine (C=N–C) groups is 1. The Morgan fingerprint density at radius 1 is 1.57 bits per heavy atom. The minimum absolute atomic E-state index is 0.116. The zero-order valence-corrected chi connectivity index (χ0v) is 9.86. The third-order valence-corrected chi connectivity index (χ3v) is 4.75. The summed E-state index contributed by atoms with van der Waals surface area (Å²) in [7, 11) is 0. The van der Waals surface area contributed by atoms with Gasteiger partial charge in [-0.25, -0.2) is 0 Å². The summed E-state index contributed by atoms with van der Waals surface area (Å²) >= 11 is 1.68. The van der Waals surface area contributed by atoms with E-state index < -0.39 is 0 Å². The summed E-state index contributed by atoms with van der Waals surface area (Å²) in [5, 5.41) is 0.711. The number of rotatable bonds is 0. The molecule has 1 saturated heterocycles. The van der Waals surface area contributed by atoms with Crippen LogP contribution in [0.2, 0.25) is 0 Å². The number of thioether (sulfide) groups is 1. The van der Waals surface area contributed by atoms with Gasteiger partial charge in [0.05, 0.1) is 18.2 Å². The Labute approximate surface area is 89.5 Å². The maximum atomic E-state index is 5.78. The van der Waals surface area contributed by atoms with E-state index in [0.29, 0.717) is 17.9 Å². The Kier molecular flexibility index (Phi) is 2.31. The predicted molar refractivity (Wildman–Crippen MR) is 60.6 cm³/mol. The molecule has 4 heteroatoms. The minimum atomic E-state index is -0.116. The van der Waals surface area contributed by atoms with Crippen LogP contribution in [0.3, 0.4) is 0 Å². The van der Waals surface area contributed by atoms with Gasteiger partial charge >= 0.3 is 0 Å². The highest BCUT2D eigenvalue weighted by Gasteiger charge is 2.51. The normalized spacial score (nSPS) is 48.2. The topological polar surface area (TPSA) is 47.6 Å². The number of fused-ring (bicyclic) bond motifs is 1. The summed E-state index contributed by atoms with van der Waals surface area (Å²) in [4.78, 5) is 4.57. The molecule has 2 aliphatic rings. The van der Waals surface area contributed by atoms with Crippen LogP contribution in [0.1, 0.15) is 27.2 Å². The summed E-state index contributed by atoms with van der Waals surface area (Å²) < 4.78 is 5.69. The third kappa shape index (κ3) is 1.44. The van der Waals surface area contributed by atoms with E-state index in [1.54, 1.807) is 11.8 Å². The van der Waals surface area contributed by atoms with Gasteiger partial charge in [-0.15, -0.1) is 0 Å². The molecule has 2 heterocycles. The Balaban J connectivity index is 2.32. The smallest absolute Gasteiger partial charge is 0.154 e. The molecule has 0 aromatic rings.